The summed E-state index contributed by atoms with van der Waals surface area (Å²) in [5.74, 6) is 0.0255. The van der Waals surface area contributed by atoms with Gasteiger partial charge in [-0.05, 0) is 0 Å². The van der Waals surface area contributed by atoms with Gasteiger partial charge in [0, 0.05) is 0 Å². The molecule has 1 N–H and O–H groups in total. The summed E-state index contributed by atoms with van der Waals surface area (Å²) >= 11 is 0. The van der Waals surface area contributed by atoms with Gasteiger partial charge < -0.3 is 0 Å². The van der Waals surface area contributed by atoms with E-state index >= 15 is 0 Å². The SMILES string of the molecule is B=C(C)NC(=O)CC. The molecular formula is C5H10BNO. The predicted molar refractivity (Wildman–Crippen MR) is 36.3 cm³/mol. The van der Waals surface area contributed by atoms with E-state index in [1.54, 1.807) is 13.8 Å². The molecule has 3 heteroatoms. The molecule has 0 unspecified atom stereocenters. The van der Waals surface area contributed by atoms with Gasteiger partial charge in [-0.15, -0.1) is 0 Å². The summed E-state index contributed by atoms with van der Waals surface area (Å²) < 4.78 is 0. The van der Waals surface area contributed by atoms with E-state index in [2.05, 4.69) is 12.8 Å². The molecule has 0 bridgehead atoms. The molecule has 0 aliphatic carbocycles. The molecule has 0 aromatic heterocycles. The number of rotatable bonds is 2. The van der Waals surface area contributed by atoms with Crippen molar-refractivity contribution in [3.05, 3.63) is 0 Å². The van der Waals surface area contributed by atoms with Crippen LogP contribution in [0.2, 0.25) is 0 Å². The van der Waals surface area contributed by atoms with Gasteiger partial charge in [0.2, 0.25) is 0 Å². The summed E-state index contributed by atoms with van der Waals surface area (Å²) in [5, 5.41) is 2.56. The van der Waals surface area contributed by atoms with Crippen LogP contribution in [0.15, 0.2) is 0 Å². The molecule has 1 amide bonds. The van der Waals surface area contributed by atoms with Gasteiger partial charge in [-0.2, -0.15) is 0 Å². The summed E-state index contributed by atoms with van der Waals surface area (Å²) in [6.07, 6.45) is 0.521. The van der Waals surface area contributed by atoms with E-state index in [-0.39, 0.29) is 5.91 Å². The first-order chi connectivity index (χ1) is 3.66. The molecule has 0 heterocycles. The van der Waals surface area contributed by atoms with Crippen molar-refractivity contribution in [1.29, 1.82) is 0 Å². The van der Waals surface area contributed by atoms with Crippen molar-refractivity contribution in [2.24, 2.45) is 0 Å². The van der Waals surface area contributed by atoms with E-state index in [1.807, 2.05) is 0 Å². The molecule has 0 atom stereocenters. The van der Waals surface area contributed by atoms with E-state index in [0.29, 0.717) is 12.0 Å². The fraction of sp³-hybridized carbons (Fsp3) is 0.600. The third-order valence-corrected chi connectivity index (χ3v) is 0.674. The van der Waals surface area contributed by atoms with Crippen LogP contribution in [0.1, 0.15) is 20.3 Å². The summed E-state index contributed by atoms with van der Waals surface area (Å²) in [4.78, 5) is 10.5. The number of hydrogen-bond donors (Lipinski definition) is 1. The van der Waals surface area contributed by atoms with Crippen molar-refractivity contribution in [2.75, 3.05) is 0 Å². The second kappa shape index (κ2) is 3.41. The van der Waals surface area contributed by atoms with Crippen LogP contribution in [0.3, 0.4) is 0 Å². The topological polar surface area (TPSA) is 29.1 Å². The number of carbonyl (C=O) groups excluding carboxylic acids is 1. The third kappa shape index (κ3) is 3.59. The molecule has 0 aromatic rings. The number of hydrogen-bond acceptors (Lipinski definition) is 1. The Hall–Kier alpha value is -0.595. The maximum absolute atomic E-state index is 10.5. The van der Waals surface area contributed by atoms with Crippen LogP contribution in [-0.4, -0.2) is 19.0 Å². The Morgan fingerprint density at radius 2 is 2.25 bits per heavy atom. The summed E-state index contributed by atoms with van der Waals surface area (Å²) in [6, 6.07) is 0. The minimum absolute atomic E-state index is 0.0255. The average Bonchev–Trinajstić information content (AvgIpc) is 1.65. The Kier molecular flexibility index (Phi) is 3.16. The molecule has 2 nitrogen and oxygen atoms in total. The zero-order valence-electron chi connectivity index (χ0n) is 5.32. The minimum atomic E-state index is 0.0255. The van der Waals surface area contributed by atoms with Crippen molar-refractivity contribution in [1.82, 2.24) is 5.32 Å². The van der Waals surface area contributed by atoms with Crippen LogP contribution in [0.4, 0.5) is 0 Å². The zero-order valence-corrected chi connectivity index (χ0v) is 5.32. The van der Waals surface area contributed by atoms with Gasteiger partial charge >= 0.3 is 49.4 Å². The van der Waals surface area contributed by atoms with Crippen molar-refractivity contribution in [3.8, 4) is 0 Å². The van der Waals surface area contributed by atoms with Crippen molar-refractivity contribution in [3.63, 3.8) is 0 Å². The van der Waals surface area contributed by atoms with Gasteiger partial charge in [0.15, 0.2) is 0 Å². The first kappa shape index (κ1) is 7.40. The molecule has 0 aliphatic heterocycles. The van der Waals surface area contributed by atoms with Crippen LogP contribution in [0.25, 0.3) is 0 Å². The quantitative estimate of drug-likeness (QED) is 0.481. The number of amides is 1. The average molecular weight is 111 g/mol. The molecular weight excluding hydrogens is 101 g/mol. The standard InChI is InChI=1S/C5H10BNO/c1-3-5(8)7-4(2)6/h6H,3H2,1-2H3,(H,7,8). The Bertz CT molecular complexity index is 111. The van der Waals surface area contributed by atoms with E-state index in [4.69, 9.17) is 0 Å². The van der Waals surface area contributed by atoms with Crippen molar-refractivity contribution in [2.45, 2.75) is 20.3 Å². The molecule has 0 aliphatic rings. The second-order valence-corrected chi connectivity index (χ2v) is 1.68. The van der Waals surface area contributed by atoms with Crippen LogP contribution >= 0.6 is 0 Å². The Morgan fingerprint density at radius 1 is 1.75 bits per heavy atom. The van der Waals surface area contributed by atoms with Crippen molar-refractivity contribution < 1.29 is 4.79 Å². The monoisotopic (exact) mass is 111 g/mol. The van der Waals surface area contributed by atoms with E-state index in [1.165, 1.54) is 0 Å². The summed E-state index contributed by atoms with van der Waals surface area (Å²) in [6.45, 7) is 3.56. The molecule has 44 valence electrons. The molecule has 8 heavy (non-hydrogen) atoms. The molecule has 0 aromatic carbocycles. The molecule has 0 rings (SSSR count). The van der Waals surface area contributed by atoms with Gasteiger partial charge in [0.1, 0.15) is 0 Å². The first-order valence-electron chi connectivity index (χ1n) is 2.62. The first-order valence-corrected chi connectivity index (χ1v) is 2.62. The Labute approximate surface area is 50.3 Å². The van der Waals surface area contributed by atoms with Crippen LogP contribution in [0, 0.1) is 0 Å². The van der Waals surface area contributed by atoms with Crippen molar-refractivity contribution >= 4 is 19.0 Å². The van der Waals surface area contributed by atoms with E-state index < -0.39 is 0 Å². The molecule has 0 saturated heterocycles. The maximum atomic E-state index is 10.5. The number of nitrogens with one attached hydrogen (secondary N) is 1. The van der Waals surface area contributed by atoms with Gasteiger partial charge in [0.05, 0.1) is 0 Å². The fourth-order valence-corrected chi connectivity index (χ4v) is 0.326. The van der Waals surface area contributed by atoms with Crippen LogP contribution < -0.4 is 5.32 Å². The zero-order chi connectivity index (χ0) is 6.57. The van der Waals surface area contributed by atoms with E-state index in [9.17, 15) is 4.79 Å². The third-order valence-electron chi connectivity index (χ3n) is 0.674. The molecule has 0 radical (unpaired) electrons. The Morgan fingerprint density at radius 3 is 2.38 bits per heavy atom. The molecule has 0 saturated carbocycles. The molecule has 0 fully saturated rings. The van der Waals surface area contributed by atoms with Crippen LogP contribution in [0.5, 0.6) is 0 Å². The normalized spacial score (nSPS) is 8.12. The van der Waals surface area contributed by atoms with Gasteiger partial charge in [-0.25, -0.2) is 0 Å². The fourth-order valence-electron chi connectivity index (χ4n) is 0.326. The van der Waals surface area contributed by atoms with Gasteiger partial charge in [-0.1, -0.05) is 0 Å². The number of carbonyl (C=O) groups is 1. The Balaban J connectivity index is 3.40. The second-order valence-electron chi connectivity index (χ2n) is 1.68. The van der Waals surface area contributed by atoms with Gasteiger partial charge in [0.25, 0.3) is 0 Å². The van der Waals surface area contributed by atoms with Crippen LogP contribution in [-0.2, 0) is 4.79 Å². The predicted octanol–water partition coefficient (Wildman–Crippen LogP) is -0.437. The van der Waals surface area contributed by atoms with Gasteiger partial charge in [-0.3, -0.25) is 0 Å². The summed E-state index contributed by atoms with van der Waals surface area (Å²) in [5.41, 5.74) is 0.705. The summed E-state index contributed by atoms with van der Waals surface area (Å²) in [7, 11) is 3.51. The van der Waals surface area contributed by atoms with E-state index in [0.717, 1.165) is 0 Å². The molecule has 0 spiro atoms.